The lowest BCUT2D eigenvalue weighted by molar-refractivity contribution is -0.116. The number of pyridine rings is 1. The summed E-state index contributed by atoms with van der Waals surface area (Å²) in [5.41, 5.74) is 1.63. The Hall–Kier alpha value is -2.37. The van der Waals surface area contributed by atoms with Gasteiger partial charge in [0.25, 0.3) is 0 Å². The summed E-state index contributed by atoms with van der Waals surface area (Å²) < 4.78 is 5.13. The number of amides is 1. The third-order valence-corrected chi connectivity index (χ3v) is 2.86. The van der Waals surface area contributed by atoms with Crippen molar-refractivity contribution in [2.24, 2.45) is 0 Å². The van der Waals surface area contributed by atoms with Crippen molar-refractivity contribution in [1.29, 1.82) is 0 Å². The fourth-order valence-electron chi connectivity index (χ4n) is 1.75. The topological polar surface area (TPSA) is 79.9 Å². The Labute approximate surface area is 117 Å². The highest BCUT2D eigenvalue weighted by molar-refractivity contribution is 5.90. The van der Waals surface area contributed by atoms with Crippen LogP contribution >= 0.6 is 0 Å². The summed E-state index contributed by atoms with van der Waals surface area (Å²) in [6, 6.07) is 3.63. The van der Waals surface area contributed by atoms with Crippen LogP contribution in [0.4, 0.5) is 5.82 Å². The number of rotatable bonds is 6. The number of anilines is 1. The van der Waals surface area contributed by atoms with Crippen LogP contribution < -0.4 is 10.1 Å². The van der Waals surface area contributed by atoms with E-state index in [-0.39, 0.29) is 5.91 Å². The second-order valence-electron chi connectivity index (χ2n) is 4.43. The Morgan fingerprint density at radius 3 is 3.00 bits per heavy atom. The summed E-state index contributed by atoms with van der Waals surface area (Å²) in [4.78, 5) is 15.7. The molecule has 2 rings (SSSR count). The molecule has 0 fully saturated rings. The second-order valence-corrected chi connectivity index (χ2v) is 4.43. The summed E-state index contributed by atoms with van der Waals surface area (Å²) in [7, 11) is 1.59. The van der Waals surface area contributed by atoms with E-state index in [1.165, 1.54) is 0 Å². The molecule has 0 spiro atoms. The van der Waals surface area contributed by atoms with Crippen molar-refractivity contribution in [3.8, 4) is 17.0 Å². The summed E-state index contributed by atoms with van der Waals surface area (Å²) >= 11 is 0. The number of ether oxygens (including phenoxy) is 1. The molecule has 0 aliphatic carbocycles. The predicted octanol–water partition coefficient (Wildman–Crippen LogP) is 2.61. The van der Waals surface area contributed by atoms with Gasteiger partial charge in [0.2, 0.25) is 5.91 Å². The van der Waals surface area contributed by atoms with Crippen molar-refractivity contribution in [3.05, 3.63) is 24.5 Å². The maximum absolute atomic E-state index is 11.6. The molecule has 2 aromatic heterocycles. The van der Waals surface area contributed by atoms with Crippen LogP contribution in [0.1, 0.15) is 26.2 Å². The summed E-state index contributed by atoms with van der Waals surface area (Å²) in [6.45, 7) is 2.05. The van der Waals surface area contributed by atoms with E-state index in [9.17, 15) is 4.79 Å². The quantitative estimate of drug-likeness (QED) is 0.848. The van der Waals surface area contributed by atoms with Gasteiger partial charge in [-0.15, -0.1) is 0 Å². The lowest BCUT2D eigenvalue weighted by Crippen LogP contribution is -2.11. The molecule has 0 unspecified atom stereocenters. The molecular formula is C14H18N4O2. The summed E-state index contributed by atoms with van der Waals surface area (Å²) in [5.74, 6) is 1.17. The smallest absolute Gasteiger partial charge is 0.225 e. The first-order valence-corrected chi connectivity index (χ1v) is 6.57. The number of H-pyrrole nitrogens is 1. The standard InChI is InChI=1S/C14H18N4O2/c1-3-4-5-14(19)16-13-7-12(17-18-13)10-6-11(20-2)9-15-8-10/h6-9H,3-5H2,1-2H3,(H2,16,17,18,19). The Morgan fingerprint density at radius 2 is 2.25 bits per heavy atom. The highest BCUT2D eigenvalue weighted by Gasteiger charge is 2.08. The number of hydrogen-bond acceptors (Lipinski definition) is 4. The van der Waals surface area contributed by atoms with E-state index < -0.39 is 0 Å². The molecule has 20 heavy (non-hydrogen) atoms. The number of nitrogens with zero attached hydrogens (tertiary/aromatic N) is 2. The van der Waals surface area contributed by atoms with Gasteiger partial charge in [0.05, 0.1) is 19.0 Å². The lowest BCUT2D eigenvalue weighted by Gasteiger charge is -2.01. The largest absolute Gasteiger partial charge is 0.495 e. The first kappa shape index (κ1) is 14.0. The molecule has 6 nitrogen and oxygen atoms in total. The van der Waals surface area contributed by atoms with Gasteiger partial charge < -0.3 is 10.1 Å². The molecule has 0 aromatic carbocycles. The van der Waals surface area contributed by atoms with E-state index in [0.29, 0.717) is 18.0 Å². The number of unbranched alkanes of at least 4 members (excludes halogenated alkanes) is 1. The molecule has 0 aliphatic rings. The van der Waals surface area contributed by atoms with Crippen molar-refractivity contribution in [2.45, 2.75) is 26.2 Å². The van der Waals surface area contributed by atoms with E-state index in [2.05, 4.69) is 27.4 Å². The van der Waals surface area contributed by atoms with E-state index in [0.717, 1.165) is 24.1 Å². The SMILES string of the molecule is CCCCC(=O)Nc1cc(-c2cncc(OC)c2)[nH]n1. The zero-order valence-corrected chi connectivity index (χ0v) is 11.6. The van der Waals surface area contributed by atoms with Gasteiger partial charge in [0, 0.05) is 24.2 Å². The maximum atomic E-state index is 11.6. The highest BCUT2D eigenvalue weighted by Crippen LogP contribution is 2.22. The van der Waals surface area contributed by atoms with Crippen LogP contribution in [0, 0.1) is 0 Å². The molecule has 2 aromatic rings. The van der Waals surface area contributed by atoms with Crippen LogP contribution in [-0.4, -0.2) is 28.2 Å². The van der Waals surface area contributed by atoms with E-state index in [1.807, 2.05) is 6.07 Å². The van der Waals surface area contributed by atoms with Crippen LogP contribution in [0.2, 0.25) is 0 Å². The number of carbonyl (C=O) groups excluding carboxylic acids is 1. The van der Waals surface area contributed by atoms with Gasteiger partial charge in [-0.1, -0.05) is 13.3 Å². The van der Waals surface area contributed by atoms with E-state index >= 15 is 0 Å². The first-order chi connectivity index (χ1) is 9.72. The third-order valence-electron chi connectivity index (χ3n) is 2.86. The molecule has 0 bridgehead atoms. The van der Waals surface area contributed by atoms with Crippen LogP contribution in [0.25, 0.3) is 11.3 Å². The van der Waals surface area contributed by atoms with Gasteiger partial charge in [0.1, 0.15) is 5.75 Å². The molecule has 2 heterocycles. The number of carbonyl (C=O) groups is 1. The summed E-state index contributed by atoms with van der Waals surface area (Å²) in [5, 5.41) is 9.71. The van der Waals surface area contributed by atoms with Crippen molar-refractivity contribution in [3.63, 3.8) is 0 Å². The summed E-state index contributed by atoms with van der Waals surface area (Å²) in [6.07, 6.45) is 5.73. The fourth-order valence-corrected chi connectivity index (χ4v) is 1.75. The molecule has 106 valence electrons. The van der Waals surface area contributed by atoms with E-state index in [4.69, 9.17) is 4.74 Å². The number of nitrogens with one attached hydrogen (secondary N) is 2. The zero-order chi connectivity index (χ0) is 14.4. The Bertz CT molecular complexity index is 580. The number of aromatic amines is 1. The minimum atomic E-state index is -0.0198. The van der Waals surface area contributed by atoms with Gasteiger partial charge in [-0.2, -0.15) is 5.10 Å². The lowest BCUT2D eigenvalue weighted by atomic mass is 10.2. The number of methoxy groups -OCH3 is 1. The molecule has 0 atom stereocenters. The molecule has 6 heteroatoms. The first-order valence-electron chi connectivity index (χ1n) is 6.57. The Kier molecular flexibility index (Phi) is 4.70. The zero-order valence-electron chi connectivity index (χ0n) is 11.6. The molecule has 2 N–H and O–H groups in total. The van der Waals surface area contributed by atoms with Crippen molar-refractivity contribution < 1.29 is 9.53 Å². The Morgan fingerprint density at radius 1 is 1.40 bits per heavy atom. The highest BCUT2D eigenvalue weighted by atomic mass is 16.5. The van der Waals surface area contributed by atoms with Crippen molar-refractivity contribution in [1.82, 2.24) is 15.2 Å². The number of hydrogen-bond donors (Lipinski definition) is 2. The molecule has 0 radical (unpaired) electrons. The number of aromatic nitrogens is 3. The van der Waals surface area contributed by atoms with Gasteiger partial charge in [-0.3, -0.25) is 14.9 Å². The molecule has 0 saturated carbocycles. The van der Waals surface area contributed by atoms with Crippen molar-refractivity contribution >= 4 is 11.7 Å². The van der Waals surface area contributed by atoms with Gasteiger partial charge >= 0.3 is 0 Å². The normalized spacial score (nSPS) is 10.3. The fraction of sp³-hybridized carbons (Fsp3) is 0.357. The van der Waals surface area contributed by atoms with Crippen LogP contribution in [0.15, 0.2) is 24.5 Å². The minimum absolute atomic E-state index is 0.0198. The second kappa shape index (κ2) is 6.70. The van der Waals surface area contributed by atoms with Crippen LogP contribution in [0.5, 0.6) is 5.75 Å². The van der Waals surface area contributed by atoms with Crippen LogP contribution in [0.3, 0.4) is 0 Å². The third kappa shape index (κ3) is 3.57. The van der Waals surface area contributed by atoms with Gasteiger partial charge in [0.15, 0.2) is 5.82 Å². The average Bonchev–Trinajstić information content (AvgIpc) is 2.93. The van der Waals surface area contributed by atoms with E-state index in [1.54, 1.807) is 25.6 Å². The van der Waals surface area contributed by atoms with Gasteiger partial charge in [-0.25, -0.2) is 0 Å². The maximum Gasteiger partial charge on any atom is 0.225 e. The van der Waals surface area contributed by atoms with Crippen LogP contribution in [-0.2, 0) is 4.79 Å². The molecule has 0 aliphatic heterocycles. The predicted molar refractivity (Wildman–Crippen MR) is 76.5 cm³/mol. The molecular weight excluding hydrogens is 256 g/mol. The minimum Gasteiger partial charge on any atom is -0.495 e. The molecule has 1 amide bonds. The Balaban J connectivity index is 2.06. The monoisotopic (exact) mass is 274 g/mol. The van der Waals surface area contributed by atoms with Crippen molar-refractivity contribution in [2.75, 3.05) is 12.4 Å². The van der Waals surface area contributed by atoms with Gasteiger partial charge in [-0.05, 0) is 12.5 Å². The molecule has 0 saturated heterocycles. The average molecular weight is 274 g/mol.